The second-order valence-corrected chi connectivity index (χ2v) is 8.00. The van der Waals surface area contributed by atoms with Crippen LogP contribution in [0, 0.1) is 24.2 Å². The summed E-state index contributed by atoms with van der Waals surface area (Å²) in [5.41, 5.74) is 5.58. The lowest BCUT2D eigenvalue weighted by atomic mass is 10.0. The summed E-state index contributed by atoms with van der Waals surface area (Å²) < 4.78 is 17.4. The summed E-state index contributed by atoms with van der Waals surface area (Å²) in [5, 5.41) is 13.9. The Balaban J connectivity index is 1.53. The van der Waals surface area contributed by atoms with Gasteiger partial charge in [-0.1, -0.05) is 0 Å². The van der Waals surface area contributed by atoms with E-state index >= 15 is 0 Å². The molecule has 1 saturated carbocycles. The quantitative estimate of drug-likeness (QED) is 0.503. The molecule has 6 nitrogen and oxygen atoms in total. The molecule has 150 valence electrons. The van der Waals surface area contributed by atoms with Crippen LogP contribution in [0.25, 0.3) is 28.0 Å². The molecule has 0 saturated heterocycles. The first-order chi connectivity index (χ1) is 14.6. The number of pyridine rings is 2. The van der Waals surface area contributed by atoms with E-state index in [0.29, 0.717) is 24.5 Å². The highest BCUT2D eigenvalue weighted by Crippen LogP contribution is 2.33. The average molecular weight is 400 g/mol. The van der Waals surface area contributed by atoms with Gasteiger partial charge in [-0.3, -0.25) is 4.68 Å². The molecule has 5 rings (SSSR count). The van der Waals surface area contributed by atoms with Crippen LogP contribution in [0.1, 0.15) is 30.7 Å². The van der Waals surface area contributed by atoms with Crippen LogP contribution in [0.2, 0.25) is 0 Å². The molecule has 0 aliphatic heterocycles. The number of aromatic nitrogens is 5. The Morgan fingerprint density at radius 2 is 2.07 bits per heavy atom. The van der Waals surface area contributed by atoms with Gasteiger partial charge in [0.05, 0.1) is 17.6 Å². The molecule has 2 atom stereocenters. The lowest BCUT2D eigenvalue weighted by Gasteiger charge is -2.09. The number of aryl methyl sites for hydroxylation is 1. The van der Waals surface area contributed by atoms with Crippen molar-refractivity contribution in [2.24, 2.45) is 5.92 Å². The first-order valence-corrected chi connectivity index (χ1v) is 10.1. The molecule has 1 fully saturated rings. The Kier molecular flexibility index (Phi) is 4.55. The summed E-state index contributed by atoms with van der Waals surface area (Å²) in [5.74, 6) is 0.331. The summed E-state index contributed by atoms with van der Waals surface area (Å²) in [7, 11) is 0. The molecule has 4 aromatic rings. The maximum absolute atomic E-state index is 13.5. The molecule has 0 unspecified atom stereocenters. The molecule has 0 bridgehead atoms. The highest BCUT2D eigenvalue weighted by Gasteiger charge is 2.24. The number of imidazole rings is 1. The Hall–Kier alpha value is -3.53. The van der Waals surface area contributed by atoms with Crippen LogP contribution < -0.4 is 0 Å². The Morgan fingerprint density at radius 1 is 1.17 bits per heavy atom. The van der Waals surface area contributed by atoms with E-state index in [1.165, 1.54) is 0 Å². The number of alkyl halides is 1. The van der Waals surface area contributed by atoms with Crippen LogP contribution in [0.15, 0.2) is 49.1 Å². The van der Waals surface area contributed by atoms with Crippen molar-refractivity contribution in [2.75, 3.05) is 0 Å². The average Bonchev–Trinajstić information content (AvgIpc) is 3.46. The van der Waals surface area contributed by atoms with Crippen LogP contribution in [0.3, 0.4) is 0 Å². The number of nitriles is 1. The minimum Gasteiger partial charge on any atom is -0.307 e. The Morgan fingerprint density at radius 3 is 2.87 bits per heavy atom. The molecule has 0 aromatic carbocycles. The predicted molar refractivity (Wildman–Crippen MR) is 111 cm³/mol. The molecular formula is C23H21FN6. The van der Waals surface area contributed by atoms with Gasteiger partial charge in [-0.15, -0.1) is 0 Å². The van der Waals surface area contributed by atoms with Gasteiger partial charge in [-0.2, -0.15) is 10.4 Å². The number of fused-ring (bicyclic) bond motifs is 1. The monoisotopic (exact) mass is 400 g/mol. The number of rotatable bonds is 4. The summed E-state index contributed by atoms with van der Waals surface area (Å²) in [6.07, 6.45) is 9.20. The fraction of sp³-hybridized carbons (Fsp3) is 0.304. The van der Waals surface area contributed by atoms with Gasteiger partial charge >= 0.3 is 0 Å². The van der Waals surface area contributed by atoms with Crippen molar-refractivity contribution in [1.29, 1.82) is 5.26 Å². The molecule has 30 heavy (non-hydrogen) atoms. The zero-order valence-electron chi connectivity index (χ0n) is 16.7. The molecule has 1 aliphatic carbocycles. The maximum atomic E-state index is 13.5. The molecule has 0 spiro atoms. The molecular weight excluding hydrogens is 379 g/mol. The summed E-state index contributed by atoms with van der Waals surface area (Å²) in [4.78, 5) is 9.12. The lowest BCUT2D eigenvalue weighted by molar-refractivity contribution is 0.320. The molecule has 7 heteroatoms. The van der Waals surface area contributed by atoms with E-state index < -0.39 is 6.17 Å². The van der Waals surface area contributed by atoms with Crippen molar-refractivity contribution in [3.63, 3.8) is 0 Å². The fourth-order valence-corrected chi connectivity index (χ4v) is 4.28. The van der Waals surface area contributed by atoms with Crippen LogP contribution in [0.4, 0.5) is 4.39 Å². The minimum atomic E-state index is -0.680. The largest absolute Gasteiger partial charge is 0.307 e. The highest BCUT2D eigenvalue weighted by molar-refractivity contribution is 5.81. The van der Waals surface area contributed by atoms with E-state index in [1.54, 1.807) is 6.07 Å². The standard InChI is InChI=1S/C23H21FN6/c1-15-12-29-7-6-17(9-22(29)27-15)23-21(5-4-20(10-25)28-23)18-11-26-30(14-18)13-16-2-3-19(24)8-16/h4-7,9,11-12,14,16,19H,2-3,8,13H2,1H3/t16-,19-/m0/s1. The van der Waals surface area contributed by atoms with Crippen molar-refractivity contribution in [1.82, 2.24) is 24.1 Å². The van der Waals surface area contributed by atoms with E-state index in [4.69, 9.17) is 0 Å². The first kappa shape index (κ1) is 18.5. The zero-order chi connectivity index (χ0) is 20.7. The second kappa shape index (κ2) is 7.38. The summed E-state index contributed by atoms with van der Waals surface area (Å²) in [6, 6.07) is 9.71. The van der Waals surface area contributed by atoms with Crippen molar-refractivity contribution < 1.29 is 4.39 Å². The number of hydrogen-bond donors (Lipinski definition) is 0. The number of halogens is 1. The third-order valence-corrected chi connectivity index (χ3v) is 5.73. The zero-order valence-corrected chi connectivity index (χ0v) is 16.7. The molecule has 0 N–H and O–H groups in total. The van der Waals surface area contributed by atoms with Crippen LogP contribution >= 0.6 is 0 Å². The van der Waals surface area contributed by atoms with Gasteiger partial charge in [0.15, 0.2) is 0 Å². The highest BCUT2D eigenvalue weighted by atomic mass is 19.1. The van der Waals surface area contributed by atoms with Crippen LogP contribution in [0.5, 0.6) is 0 Å². The lowest BCUT2D eigenvalue weighted by Crippen LogP contribution is -2.08. The normalized spacial score (nSPS) is 18.7. The van der Waals surface area contributed by atoms with Crippen molar-refractivity contribution in [3.05, 3.63) is 60.4 Å². The van der Waals surface area contributed by atoms with E-state index in [2.05, 4.69) is 21.1 Å². The van der Waals surface area contributed by atoms with Crippen molar-refractivity contribution >= 4 is 5.65 Å². The third-order valence-electron chi connectivity index (χ3n) is 5.73. The van der Waals surface area contributed by atoms with Gasteiger partial charge in [0.25, 0.3) is 0 Å². The topological polar surface area (TPSA) is 71.8 Å². The minimum absolute atomic E-state index is 0.331. The Labute approximate surface area is 173 Å². The molecule has 4 aromatic heterocycles. The smallest absolute Gasteiger partial charge is 0.141 e. The van der Waals surface area contributed by atoms with Gasteiger partial charge in [-0.25, -0.2) is 14.4 Å². The first-order valence-electron chi connectivity index (χ1n) is 10.1. The van der Waals surface area contributed by atoms with Gasteiger partial charge in [0.2, 0.25) is 0 Å². The van der Waals surface area contributed by atoms with Gasteiger partial charge < -0.3 is 4.40 Å². The Bertz CT molecular complexity index is 1260. The molecule has 0 radical (unpaired) electrons. The van der Waals surface area contributed by atoms with E-state index in [1.807, 2.05) is 59.0 Å². The van der Waals surface area contributed by atoms with E-state index in [-0.39, 0.29) is 0 Å². The van der Waals surface area contributed by atoms with Crippen molar-refractivity contribution in [2.45, 2.75) is 38.9 Å². The summed E-state index contributed by atoms with van der Waals surface area (Å²) in [6.45, 7) is 2.68. The van der Waals surface area contributed by atoms with Crippen molar-refractivity contribution in [3.8, 4) is 28.5 Å². The van der Waals surface area contributed by atoms with Gasteiger partial charge in [0.1, 0.15) is 23.6 Å². The number of hydrogen-bond acceptors (Lipinski definition) is 4. The predicted octanol–water partition coefficient (Wildman–Crippen LogP) is 4.58. The van der Waals surface area contributed by atoms with E-state index in [9.17, 15) is 9.65 Å². The van der Waals surface area contributed by atoms with Gasteiger partial charge in [-0.05, 0) is 56.4 Å². The SMILES string of the molecule is Cc1cn2ccc(-c3nc(C#N)ccc3-c3cnn(C[C@H]4CC[C@H](F)C4)c3)cc2n1. The fourth-order valence-electron chi connectivity index (χ4n) is 4.28. The maximum Gasteiger partial charge on any atom is 0.141 e. The van der Waals surface area contributed by atoms with Crippen LogP contribution in [-0.2, 0) is 6.54 Å². The molecule has 4 heterocycles. The summed E-state index contributed by atoms with van der Waals surface area (Å²) >= 11 is 0. The third kappa shape index (κ3) is 3.45. The molecule has 1 aliphatic rings. The van der Waals surface area contributed by atoms with E-state index in [0.717, 1.165) is 46.7 Å². The second-order valence-electron chi connectivity index (χ2n) is 8.00. The number of nitrogens with zero attached hydrogens (tertiary/aromatic N) is 6. The van der Waals surface area contributed by atoms with Gasteiger partial charge in [0, 0.05) is 41.8 Å². The van der Waals surface area contributed by atoms with Crippen LogP contribution in [-0.4, -0.2) is 30.3 Å². The molecule has 0 amide bonds.